The molecule has 6 nitrogen and oxygen atoms in total. The van der Waals surface area contributed by atoms with Crippen molar-refractivity contribution in [1.82, 2.24) is 24.5 Å². The third-order valence-electron chi connectivity index (χ3n) is 11.2. The highest BCUT2D eigenvalue weighted by atomic mass is 16.3. The van der Waals surface area contributed by atoms with Gasteiger partial charge in [-0.25, -0.2) is 19.9 Å². The van der Waals surface area contributed by atoms with Crippen LogP contribution in [0.15, 0.2) is 169 Å². The summed E-state index contributed by atoms with van der Waals surface area (Å²) >= 11 is 0. The van der Waals surface area contributed by atoms with Crippen LogP contribution in [0.25, 0.3) is 95.0 Å². The number of nitrogens with zero attached hydrogens (tertiary/aromatic N) is 5. The molecule has 0 aliphatic heterocycles. The van der Waals surface area contributed by atoms with Crippen molar-refractivity contribution in [2.24, 2.45) is 0 Å². The Morgan fingerprint density at radius 2 is 1.04 bits per heavy atom. The van der Waals surface area contributed by atoms with E-state index in [-0.39, 0.29) is 5.41 Å². The van der Waals surface area contributed by atoms with E-state index in [1.54, 1.807) is 6.39 Å². The van der Waals surface area contributed by atoms with Crippen LogP contribution < -0.4 is 0 Å². The second-order valence-electron chi connectivity index (χ2n) is 14.7. The lowest BCUT2D eigenvalue weighted by atomic mass is 9.81. The highest BCUT2D eigenvalue weighted by Gasteiger charge is 2.37. The maximum Gasteiger partial charge on any atom is 0.182 e. The Morgan fingerprint density at radius 3 is 1.69 bits per heavy atom. The van der Waals surface area contributed by atoms with Crippen molar-refractivity contribution in [2.45, 2.75) is 19.3 Å². The molecule has 0 N–H and O–H groups in total. The van der Waals surface area contributed by atoms with E-state index in [4.69, 9.17) is 19.4 Å². The fraction of sp³-hybridized carbons (Fsp3) is 0.0612. The zero-order valence-electron chi connectivity index (χ0n) is 30.2. The van der Waals surface area contributed by atoms with E-state index < -0.39 is 0 Å². The molecule has 11 rings (SSSR count). The lowest BCUT2D eigenvalue weighted by molar-refractivity contribution is 0.601. The Balaban J connectivity index is 1.10. The van der Waals surface area contributed by atoms with E-state index in [1.807, 2.05) is 60.7 Å². The van der Waals surface area contributed by atoms with E-state index in [1.165, 1.54) is 22.3 Å². The van der Waals surface area contributed by atoms with Crippen molar-refractivity contribution >= 4 is 32.9 Å². The minimum absolute atomic E-state index is 0.189. The fourth-order valence-electron chi connectivity index (χ4n) is 8.46. The third-order valence-corrected chi connectivity index (χ3v) is 11.2. The van der Waals surface area contributed by atoms with Gasteiger partial charge in [-0.15, -0.1) is 0 Å². The van der Waals surface area contributed by atoms with Crippen LogP contribution in [0.4, 0.5) is 0 Å². The van der Waals surface area contributed by atoms with Crippen LogP contribution in [0.3, 0.4) is 0 Å². The largest absolute Gasteiger partial charge is 0.443 e. The topological polar surface area (TPSA) is 69.6 Å². The standard InChI is InChI=1S/C49H33N5O/c1-49(2)39-22-23-41-45(55-29-50-41)44(39)36-21-18-33(28-40(36)49)32-19-24-42-37(26-32)38-27-34(20-25-43(38)54(42)35-16-10-5-11-17-35)48-52-46(30-12-6-3-7-13-30)51-47(53-48)31-14-8-4-9-15-31/h3-29H,1-2H3. The molecule has 7 aromatic carbocycles. The van der Waals surface area contributed by atoms with Gasteiger partial charge < -0.3 is 8.98 Å². The predicted octanol–water partition coefficient (Wildman–Crippen LogP) is 12.1. The normalized spacial score (nSPS) is 13.1. The van der Waals surface area contributed by atoms with Crippen LogP contribution in [0, 0.1) is 0 Å². The quantitative estimate of drug-likeness (QED) is 0.178. The number of para-hydroxylation sites is 1. The second-order valence-corrected chi connectivity index (χ2v) is 14.7. The van der Waals surface area contributed by atoms with Crippen LogP contribution in [0.5, 0.6) is 0 Å². The molecule has 3 aromatic heterocycles. The summed E-state index contributed by atoms with van der Waals surface area (Å²) in [6.07, 6.45) is 1.54. The minimum atomic E-state index is -0.189. The highest BCUT2D eigenvalue weighted by Crippen LogP contribution is 2.52. The summed E-state index contributed by atoms with van der Waals surface area (Å²) in [5.74, 6) is 1.92. The van der Waals surface area contributed by atoms with Crippen LogP contribution in [0.1, 0.15) is 25.0 Å². The van der Waals surface area contributed by atoms with Gasteiger partial charge in [0.1, 0.15) is 5.52 Å². The Kier molecular flexibility index (Phi) is 6.79. The summed E-state index contributed by atoms with van der Waals surface area (Å²) in [6.45, 7) is 4.60. The summed E-state index contributed by atoms with van der Waals surface area (Å²) in [4.78, 5) is 19.5. The van der Waals surface area contributed by atoms with Crippen LogP contribution in [-0.4, -0.2) is 24.5 Å². The number of hydrogen-bond donors (Lipinski definition) is 0. The lowest BCUT2D eigenvalue weighted by Crippen LogP contribution is -2.14. The van der Waals surface area contributed by atoms with E-state index in [9.17, 15) is 0 Å². The van der Waals surface area contributed by atoms with Gasteiger partial charge in [0.15, 0.2) is 29.4 Å². The highest BCUT2D eigenvalue weighted by molar-refractivity contribution is 6.11. The first-order valence-corrected chi connectivity index (χ1v) is 18.5. The first-order chi connectivity index (χ1) is 27.0. The fourth-order valence-corrected chi connectivity index (χ4v) is 8.46. The molecule has 1 aliphatic rings. The van der Waals surface area contributed by atoms with Gasteiger partial charge in [0, 0.05) is 44.1 Å². The molecule has 0 spiro atoms. The van der Waals surface area contributed by atoms with Gasteiger partial charge in [0.25, 0.3) is 0 Å². The number of aromatic nitrogens is 5. The summed E-state index contributed by atoms with van der Waals surface area (Å²) in [7, 11) is 0. The number of hydrogen-bond acceptors (Lipinski definition) is 5. The molecule has 0 amide bonds. The van der Waals surface area contributed by atoms with Crippen molar-refractivity contribution in [1.29, 1.82) is 0 Å². The molecule has 6 heteroatoms. The van der Waals surface area contributed by atoms with Crippen molar-refractivity contribution < 1.29 is 4.42 Å². The van der Waals surface area contributed by atoms with Crippen molar-refractivity contribution in [3.05, 3.63) is 175 Å². The Bertz CT molecular complexity index is 3050. The molecule has 0 bridgehead atoms. The summed E-state index contributed by atoms with van der Waals surface area (Å²) < 4.78 is 8.28. The molecular weight excluding hydrogens is 675 g/mol. The van der Waals surface area contributed by atoms with Crippen LogP contribution >= 0.6 is 0 Å². The average molecular weight is 708 g/mol. The van der Waals surface area contributed by atoms with Crippen LogP contribution in [-0.2, 0) is 5.41 Å². The summed E-state index contributed by atoms with van der Waals surface area (Å²) in [6, 6.07) is 55.3. The maximum absolute atomic E-state index is 5.93. The molecule has 0 fully saturated rings. The summed E-state index contributed by atoms with van der Waals surface area (Å²) in [5.41, 5.74) is 15.0. The van der Waals surface area contributed by atoms with Crippen LogP contribution in [0.2, 0.25) is 0 Å². The van der Waals surface area contributed by atoms with E-state index in [0.717, 1.165) is 66.4 Å². The molecule has 1 aliphatic carbocycles. The molecule has 0 atom stereocenters. The molecule has 10 aromatic rings. The number of rotatable bonds is 5. The van der Waals surface area contributed by atoms with Gasteiger partial charge in [0.2, 0.25) is 0 Å². The van der Waals surface area contributed by atoms with Crippen molar-refractivity contribution in [3.63, 3.8) is 0 Å². The van der Waals surface area contributed by atoms with E-state index >= 15 is 0 Å². The molecule has 0 unspecified atom stereocenters. The third kappa shape index (κ3) is 4.88. The lowest BCUT2D eigenvalue weighted by Gasteiger charge is -2.22. The minimum Gasteiger partial charge on any atom is -0.443 e. The summed E-state index contributed by atoms with van der Waals surface area (Å²) in [5, 5.41) is 2.29. The first kappa shape index (κ1) is 31.4. The van der Waals surface area contributed by atoms with Gasteiger partial charge in [-0.3, -0.25) is 0 Å². The van der Waals surface area contributed by atoms with Gasteiger partial charge in [-0.2, -0.15) is 0 Å². The van der Waals surface area contributed by atoms with Gasteiger partial charge in [-0.05, 0) is 82.4 Å². The van der Waals surface area contributed by atoms with Crippen molar-refractivity contribution in [2.75, 3.05) is 0 Å². The van der Waals surface area contributed by atoms with Gasteiger partial charge in [-0.1, -0.05) is 117 Å². The predicted molar refractivity (Wildman–Crippen MR) is 221 cm³/mol. The monoisotopic (exact) mass is 707 g/mol. The SMILES string of the molecule is CC1(C)c2cc(-c3ccc4c(c3)c3cc(-c5nc(-c6ccccc6)nc(-c6ccccc6)n5)ccc3n4-c3ccccc3)ccc2-c2c1ccc1ncoc21. The zero-order valence-corrected chi connectivity index (χ0v) is 30.2. The molecule has 260 valence electrons. The van der Waals surface area contributed by atoms with Crippen molar-refractivity contribution in [3.8, 4) is 62.1 Å². The maximum atomic E-state index is 5.93. The Hall–Kier alpha value is -7.18. The Morgan fingerprint density at radius 1 is 0.491 bits per heavy atom. The first-order valence-electron chi connectivity index (χ1n) is 18.5. The molecule has 3 heterocycles. The average Bonchev–Trinajstić information content (AvgIpc) is 3.92. The Labute approximate surface area is 317 Å². The van der Waals surface area contributed by atoms with E-state index in [0.29, 0.717) is 17.5 Å². The number of fused-ring (bicyclic) bond motifs is 8. The van der Waals surface area contributed by atoms with Gasteiger partial charge in [0.05, 0.1) is 11.0 Å². The van der Waals surface area contributed by atoms with E-state index in [2.05, 4.69) is 120 Å². The second kappa shape index (κ2) is 11.9. The zero-order chi connectivity index (χ0) is 36.7. The van der Waals surface area contributed by atoms with Gasteiger partial charge >= 0.3 is 0 Å². The molecule has 0 saturated heterocycles. The molecule has 0 radical (unpaired) electrons. The molecular formula is C49H33N5O. The molecule has 0 saturated carbocycles. The molecule has 55 heavy (non-hydrogen) atoms. The number of benzene rings is 7. The smallest absolute Gasteiger partial charge is 0.182 e. The number of oxazole rings is 1.